The van der Waals surface area contributed by atoms with Crippen LogP contribution in [0, 0.1) is 0 Å². The quantitative estimate of drug-likeness (QED) is 0.659. The molecule has 1 aromatic carbocycles. The van der Waals surface area contributed by atoms with Crippen LogP contribution in [0.15, 0.2) is 24.3 Å². The van der Waals surface area contributed by atoms with Gasteiger partial charge >= 0.3 is 0 Å². The predicted molar refractivity (Wildman–Crippen MR) is 105 cm³/mol. The Kier molecular flexibility index (Phi) is 7.04. The first-order chi connectivity index (χ1) is 13.5. The Morgan fingerprint density at radius 2 is 1.54 bits per heavy atom. The molecule has 0 aromatic heterocycles. The Balaban J connectivity index is 1.50. The van der Waals surface area contributed by atoms with E-state index in [0.717, 1.165) is 13.1 Å². The van der Waals surface area contributed by atoms with Gasteiger partial charge in [0.25, 0.3) is 0 Å². The molecule has 0 N–H and O–H groups in total. The van der Waals surface area contributed by atoms with Crippen molar-refractivity contribution >= 4 is 11.7 Å². The summed E-state index contributed by atoms with van der Waals surface area (Å²) in [6.45, 7) is 9.58. The Bertz CT molecular complexity index is 662. The van der Waals surface area contributed by atoms with Crippen molar-refractivity contribution in [3.8, 4) is 5.75 Å². The van der Waals surface area contributed by atoms with Crippen molar-refractivity contribution in [2.24, 2.45) is 0 Å². The lowest BCUT2D eigenvalue weighted by Gasteiger charge is -2.39. The zero-order valence-electron chi connectivity index (χ0n) is 16.8. The molecule has 2 saturated heterocycles. The van der Waals surface area contributed by atoms with Crippen LogP contribution >= 0.6 is 0 Å². The molecule has 3 rings (SSSR count). The minimum atomic E-state index is -0.573. The molecule has 2 fully saturated rings. The van der Waals surface area contributed by atoms with Crippen LogP contribution in [0.5, 0.6) is 5.75 Å². The molecular weight excluding hydrogens is 360 g/mol. The fourth-order valence-electron chi connectivity index (χ4n) is 3.55. The number of morpholine rings is 2. The van der Waals surface area contributed by atoms with Crippen molar-refractivity contribution in [3.63, 3.8) is 0 Å². The summed E-state index contributed by atoms with van der Waals surface area (Å²) in [6.07, 6.45) is 0.338. The molecule has 1 aromatic rings. The molecule has 1 amide bonds. The van der Waals surface area contributed by atoms with E-state index in [0.29, 0.717) is 63.9 Å². The van der Waals surface area contributed by atoms with Crippen molar-refractivity contribution in [1.29, 1.82) is 0 Å². The van der Waals surface area contributed by atoms with E-state index in [1.807, 2.05) is 18.7 Å². The summed E-state index contributed by atoms with van der Waals surface area (Å²) in [4.78, 5) is 29.1. The molecule has 0 spiro atoms. The number of rotatable bonds is 7. The highest BCUT2D eigenvalue weighted by Gasteiger charge is 2.35. The number of ether oxygens (including phenoxy) is 3. The maximum atomic E-state index is 13.0. The molecule has 0 atom stereocenters. The van der Waals surface area contributed by atoms with Crippen molar-refractivity contribution in [2.45, 2.75) is 25.8 Å². The highest BCUT2D eigenvalue weighted by atomic mass is 16.5. The maximum Gasteiger partial charge on any atom is 0.226 e. The van der Waals surface area contributed by atoms with Gasteiger partial charge in [0.2, 0.25) is 5.91 Å². The molecule has 0 aliphatic carbocycles. The first-order valence-electron chi connectivity index (χ1n) is 9.94. The van der Waals surface area contributed by atoms with Crippen LogP contribution in [0.2, 0.25) is 0 Å². The van der Waals surface area contributed by atoms with Crippen LogP contribution in [-0.4, -0.2) is 86.2 Å². The van der Waals surface area contributed by atoms with Crippen LogP contribution in [0.3, 0.4) is 0 Å². The van der Waals surface area contributed by atoms with E-state index in [9.17, 15) is 9.59 Å². The summed E-state index contributed by atoms with van der Waals surface area (Å²) < 4.78 is 16.3. The monoisotopic (exact) mass is 390 g/mol. The molecule has 2 heterocycles. The molecular formula is C21H30N2O5. The number of nitrogens with zero attached hydrogens (tertiary/aromatic N) is 2. The van der Waals surface area contributed by atoms with Crippen LogP contribution in [0.4, 0.5) is 0 Å². The summed E-state index contributed by atoms with van der Waals surface area (Å²) in [7, 11) is 0. The Hall–Kier alpha value is -1.96. The number of amides is 1. The molecule has 28 heavy (non-hydrogen) atoms. The minimum Gasteiger partial charge on any atom is -0.493 e. The van der Waals surface area contributed by atoms with Crippen LogP contribution in [0.25, 0.3) is 0 Å². The van der Waals surface area contributed by atoms with Crippen LogP contribution in [-0.2, 0) is 14.3 Å². The van der Waals surface area contributed by atoms with Gasteiger partial charge in [0.1, 0.15) is 5.75 Å². The van der Waals surface area contributed by atoms with Crippen molar-refractivity contribution in [2.75, 3.05) is 59.2 Å². The van der Waals surface area contributed by atoms with Gasteiger partial charge in [-0.2, -0.15) is 0 Å². The number of benzene rings is 1. The highest BCUT2D eigenvalue weighted by Crippen LogP contribution is 2.23. The third-order valence-electron chi connectivity index (χ3n) is 5.42. The molecule has 154 valence electrons. The number of carbonyl (C=O) groups excluding carboxylic acids is 2. The van der Waals surface area contributed by atoms with E-state index in [4.69, 9.17) is 14.2 Å². The van der Waals surface area contributed by atoms with Crippen molar-refractivity contribution < 1.29 is 23.8 Å². The topological polar surface area (TPSA) is 68.3 Å². The smallest absolute Gasteiger partial charge is 0.226 e. The first kappa shape index (κ1) is 20.8. The zero-order valence-corrected chi connectivity index (χ0v) is 16.8. The second-order valence-electron chi connectivity index (χ2n) is 7.60. The number of hydrogen-bond donors (Lipinski definition) is 0. The van der Waals surface area contributed by atoms with Crippen LogP contribution < -0.4 is 4.74 Å². The molecule has 7 heteroatoms. The second-order valence-corrected chi connectivity index (χ2v) is 7.60. The van der Waals surface area contributed by atoms with Crippen LogP contribution in [0.1, 0.15) is 30.6 Å². The Labute approximate surface area is 166 Å². The maximum absolute atomic E-state index is 13.0. The van der Waals surface area contributed by atoms with Gasteiger partial charge in [0, 0.05) is 31.7 Å². The van der Waals surface area contributed by atoms with E-state index in [-0.39, 0.29) is 11.7 Å². The lowest BCUT2D eigenvalue weighted by molar-refractivity contribution is -0.135. The van der Waals surface area contributed by atoms with Gasteiger partial charge in [0.05, 0.1) is 45.0 Å². The highest BCUT2D eigenvalue weighted by molar-refractivity contribution is 6.02. The average molecular weight is 390 g/mol. The normalized spacial score (nSPS) is 18.7. The number of ketones is 1. The van der Waals surface area contributed by atoms with Gasteiger partial charge in [0.15, 0.2) is 5.78 Å². The predicted octanol–water partition coefficient (Wildman–Crippen LogP) is 1.61. The Morgan fingerprint density at radius 1 is 0.964 bits per heavy atom. The number of hydrogen-bond acceptors (Lipinski definition) is 6. The summed E-state index contributed by atoms with van der Waals surface area (Å²) >= 11 is 0. The summed E-state index contributed by atoms with van der Waals surface area (Å²) in [6, 6.07) is 7.18. The van der Waals surface area contributed by atoms with Gasteiger partial charge in [-0.05, 0) is 38.1 Å². The lowest BCUT2D eigenvalue weighted by atomic mass is 9.91. The largest absolute Gasteiger partial charge is 0.493 e. The SMILES string of the molecule is CC(C)(C(=O)c1ccc(OCCC(=O)N2CCOCC2)cc1)N1CCOCC1. The summed E-state index contributed by atoms with van der Waals surface area (Å²) in [5.41, 5.74) is 0.0877. The third-order valence-corrected chi connectivity index (χ3v) is 5.42. The molecule has 0 radical (unpaired) electrons. The van der Waals surface area contributed by atoms with Gasteiger partial charge in [-0.25, -0.2) is 0 Å². The lowest BCUT2D eigenvalue weighted by Crippen LogP contribution is -2.54. The van der Waals surface area contributed by atoms with Gasteiger partial charge in [-0.15, -0.1) is 0 Å². The van der Waals surface area contributed by atoms with E-state index >= 15 is 0 Å². The third kappa shape index (κ3) is 5.10. The summed E-state index contributed by atoms with van der Waals surface area (Å²) in [5, 5.41) is 0. The molecule has 7 nitrogen and oxygen atoms in total. The number of carbonyl (C=O) groups is 2. The average Bonchev–Trinajstić information content (AvgIpc) is 2.75. The minimum absolute atomic E-state index is 0.0855. The molecule has 2 aliphatic heterocycles. The molecule has 0 bridgehead atoms. The van der Waals surface area contributed by atoms with Crippen molar-refractivity contribution in [3.05, 3.63) is 29.8 Å². The second kappa shape index (κ2) is 9.49. The fourth-order valence-corrected chi connectivity index (χ4v) is 3.55. The molecule has 0 saturated carbocycles. The number of Topliss-reactive ketones (excluding diaryl/α,β-unsaturated/α-hetero) is 1. The Morgan fingerprint density at radius 3 is 2.14 bits per heavy atom. The standard InChI is InChI=1S/C21H30N2O5/c1-21(2,23-10-15-27-16-11-23)20(25)17-3-5-18(6-4-17)28-12-7-19(24)22-8-13-26-14-9-22/h3-6H,7-16H2,1-2H3. The van der Waals surface area contributed by atoms with E-state index in [1.165, 1.54) is 0 Å². The van der Waals surface area contributed by atoms with E-state index in [1.54, 1.807) is 24.3 Å². The van der Waals surface area contributed by atoms with Gasteiger partial charge in [-0.1, -0.05) is 0 Å². The summed E-state index contributed by atoms with van der Waals surface area (Å²) in [5.74, 6) is 0.835. The molecule has 0 unspecified atom stereocenters. The zero-order chi connectivity index (χ0) is 20.0. The van der Waals surface area contributed by atoms with Gasteiger partial charge in [-0.3, -0.25) is 14.5 Å². The molecule has 2 aliphatic rings. The van der Waals surface area contributed by atoms with Gasteiger partial charge < -0.3 is 19.1 Å². The van der Waals surface area contributed by atoms with E-state index < -0.39 is 5.54 Å². The fraction of sp³-hybridized carbons (Fsp3) is 0.619. The van der Waals surface area contributed by atoms with E-state index in [2.05, 4.69) is 4.90 Å². The first-order valence-corrected chi connectivity index (χ1v) is 9.94. The van der Waals surface area contributed by atoms with Crippen molar-refractivity contribution in [1.82, 2.24) is 9.80 Å².